The normalized spacial score (nSPS) is 15.2. The molecule has 102 valence electrons. The van der Waals surface area contributed by atoms with Crippen molar-refractivity contribution < 1.29 is 4.39 Å². The lowest BCUT2D eigenvalue weighted by molar-refractivity contribution is 0.375. The third-order valence-corrected chi connectivity index (χ3v) is 3.01. The van der Waals surface area contributed by atoms with E-state index in [0.717, 1.165) is 24.8 Å². The molecule has 0 radical (unpaired) electrons. The van der Waals surface area contributed by atoms with Crippen LogP contribution >= 0.6 is 0 Å². The van der Waals surface area contributed by atoms with Crippen LogP contribution in [0.3, 0.4) is 0 Å². The summed E-state index contributed by atoms with van der Waals surface area (Å²) in [4.78, 5) is 0. The first-order valence-corrected chi connectivity index (χ1v) is 6.84. The first-order valence-electron chi connectivity index (χ1n) is 6.84. The molecule has 0 aromatic rings. The molecule has 18 heavy (non-hydrogen) atoms. The van der Waals surface area contributed by atoms with Crippen LogP contribution in [0.5, 0.6) is 0 Å². The van der Waals surface area contributed by atoms with E-state index in [1.165, 1.54) is 11.1 Å². The maximum atomic E-state index is 13.2. The second kappa shape index (κ2) is 9.87. The lowest BCUT2D eigenvalue weighted by Crippen LogP contribution is -1.93. The van der Waals surface area contributed by atoms with Gasteiger partial charge in [0.25, 0.3) is 0 Å². The third kappa shape index (κ3) is 8.05. The average Bonchev–Trinajstić information content (AvgIpc) is 2.35. The van der Waals surface area contributed by atoms with Crippen LogP contribution in [-0.2, 0) is 0 Å². The number of hydrogen-bond donors (Lipinski definition) is 0. The lowest BCUT2D eigenvalue weighted by atomic mass is 10.0. The van der Waals surface area contributed by atoms with Crippen LogP contribution in [0.4, 0.5) is 4.39 Å². The van der Waals surface area contributed by atoms with Crippen molar-refractivity contribution in [1.29, 1.82) is 0 Å². The minimum absolute atomic E-state index is 0.607. The smallest absolute Gasteiger partial charge is 0.118 e. The van der Waals surface area contributed by atoms with Gasteiger partial charge in [-0.3, -0.25) is 0 Å². The van der Waals surface area contributed by atoms with Crippen LogP contribution in [0.25, 0.3) is 0 Å². The Labute approximate surface area is 112 Å². The van der Waals surface area contributed by atoms with E-state index in [2.05, 4.69) is 39.5 Å². The van der Waals surface area contributed by atoms with Gasteiger partial charge in [-0.05, 0) is 44.3 Å². The van der Waals surface area contributed by atoms with Gasteiger partial charge in [0.2, 0.25) is 0 Å². The van der Waals surface area contributed by atoms with Crippen LogP contribution in [0.1, 0.15) is 53.4 Å². The number of rotatable bonds is 8. The van der Waals surface area contributed by atoms with Gasteiger partial charge in [-0.25, -0.2) is 4.39 Å². The van der Waals surface area contributed by atoms with E-state index in [1.807, 2.05) is 13.0 Å². The van der Waals surface area contributed by atoms with Crippen molar-refractivity contribution in [2.75, 3.05) is 0 Å². The molecule has 0 bridgehead atoms. The van der Waals surface area contributed by atoms with Gasteiger partial charge in [0.05, 0.1) is 0 Å². The number of hydrogen-bond acceptors (Lipinski definition) is 0. The molecule has 0 aliphatic carbocycles. The Morgan fingerprint density at radius 1 is 1.22 bits per heavy atom. The van der Waals surface area contributed by atoms with Gasteiger partial charge >= 0.3 is 0 Å². The zero-order valence-corrected chi connectivity index (χ0v) is 12.3. The van der Waals surface area contributed by atoms with E-state index in [1.54, 1.807) is 6.08 Å². The summed E-state index contributed by atoms with van der Waals surface area (Å²) in [6.45, 7) is 12.3. The fourth-order valence-corrected chi connectivity index (χ4v) is 1.39. The maximum absolute atomic E-state index is 13.2. The molecular formula is C17H27F. The molecule has 0 aromatic carbocycles. The third-order valence-electron chi connectivity index (χ3n) is 3.01. The summed E-state index contributed by atoms with van der Waals surface area (Å²) < 4.78 is 13.2. The van der Waals surface area contributed by atoms with Crippen molar-refractivity contribution >= 4 is 0 Å². The van der Waals surface area contributed by atoms with Gasteiger partial charge in [-0.1, -0.05) is 56.7 Å². The highest BCUT2D eigenvalue weighted by molar-refractivity contribution is 5.32. The summed E-state index contributed by atoms with van der Waals surface area (Å²) in [5.41, 5.74) is 3.57. The first-order chi connectivity index (χ1) is 8.51. The van der Waals surface area contributed by atoms with Gasteiger partial charge in [0.1, 0.15) is 6.17 Å². The Kier molecular flexibility index (Phi) is 9.26. The molecule has 0 aromatic heterocycles. The molecule has 0 nitrogen and oxygen atoms in total. The van der Waals surface area contributed by atoms with Crippen molar-refractivity contribution in [3.05, 3.63) is 47.6 Å². The Hall–Kier alpha value is -1.11. The van der Waals surface area contributed by atoms with Gasteiger partial charge < -0.3 is 0 Å². The molecule has 1 atom stereocenters. The number of alkyl halides is 1. The molecule has 1 unspecified atom stereocenters. The maximum Gasteiger partial charge on any atom is 0.118 e. The quantitative estimate of drug-likeness (QED) is 0.370. The van der Waals surface area contributed by atoms with E-state index in [-0.39, 0.29) is 0 Å². The van der Waals surface area contributed by atoms with Gasteiger partial charge in [0, 0.05) is 0 Å². The summed E-state index contributed by atoms with van der Waals surface area (Å²) in [6, 6.07) is 0. The van der Waals surface area contributed by atoms with E-state index in [4.69, 9.17) is 0 Å². The topological polar surface area (TPSA) is 0 Å². The Morgan fingerprint density at radius 3 is 2.44 bits per heavy atom. The van der Waals surface area contributed by atoms with E-state index in [0.29, 0.717) is 6.42 Å². The SMILES string of the molecule is C=C(CC=CC(F)CCC)C(C)=CC=C(C)CC. The number of halogens is 1. The first kappa shape index (κ1) is 16.9. The van der Waals surface area contributed by atoms with E-state index < -0.39 is 6.17 Å². The van der Waals surface area contributed by atoms with Crippen LogP contribution in [0.15, 0.2) is 47.6 Å². The molecular weight excluding hydrogens is 223 g/mol. The molecule has 0 spiro atoms. The van der Waals surface area contributed by atoms with Gasteiger partial charge in [0.15, 0.2) is 0 Å². The van der Waals surface area contributed by atoms with Gasteiger partial charge in [-0.2, -0.15) is 0 Å². The van der Waals surface area contributed by atoms with Crippen LogP contribution < -0.4 is 0 Å². The van der Waals surface area contributed by atoms with Crippen molar-refractivity contribution in [2.24, 2.45) is 0 Å². The van der Waals surface area contributed by atoms with E-state index >= 15 is 0 Å². The highest BCUT2D eigenvalue weighted by Crippen LogP contribution is 2.14. The Balaban J connectivity index is 4.25. The summed E-state index contributed by atoms with van der Waals surface area (Å²) in [6.07, 6.45) is 10.2. The molecule has 0 saturated carbocycles. The van der Waals surface area contributed by atoms with Crippen molar-refractivity contribution in [1.82, 2.24) is 0 Å². The highest BCUT2D eigenvalue weighted by atomic mass is 19.1. The van der Waals surface area contributed by atoms with Crippen molar-refractivity contribution in [2.45, 2.75) is 59.5 Å². The van der Waals surface area contributed by atoms with Crippen LogP contribution in [0, 0.1) is 0 Å². The molecule has 0 rings (SSSR count). The monoisotopic (exact) mass is 250 g/mol. The van der Waals surface area contributed by atoms with Crippen molar-refractivity contribution in [3.8, 4) is 0 Å². The largest absolute Gasteiger partial charge is 0.243 e. The van der Waals surface area contributed by atoms with Crippen LogP contribution in [-0.4, -0.2) is 6.17 Å². The minimum atomic E-state index is -0.811. The highest BCUT2D eigenvalue weighted by Gasteiger charge is 1.99. The molecule has 1 heteroatoms. The molecule has 0 heterocycles. The molecule has 0 saturated heterocycles. The fraction of sp³-hybridized carbons (Fsp3) is 0.529. The second-order valence-electron chi connectivity index (χ2n) is 4.76. The Bertz CT molecular complexity index is 332. The van der Waals surface area contributed by atoms with Crippen LogP contribution in [0.2, 0.25) is 0 Å². The minimum Gasteiger partial charge on any atom is -0.243 e. The van der Waals surface area contributed by atoms with Gasteiger partial charge in [-0.15, -0.1) is 0 Å². The number of allylic oxidation sites excluding steroid dienone is 7. The average molecular weight is 250 g/mol. The predicted molar refractivity (Wildman–Crippen MR) is 80.5 cm³/mol. The molecule has 0 amide bonds. The molecule has 0 aliphatic rings. The predicted octanol–water partition coefficient (Wildman–Crippen LogP) is 5.93. The summed E-state index contributed by atoms with van der Waals surface area (Å²) >= 11 is 0. The molecule has 0 aliphatic heterocycles. The lowest BCUT2D eigenvalue weighted by Gasteiger charge is -2.03. The standard InChI is InChI=1S/C17H27F/c1-6-9-17(18)11-8-10-15(4)16(5)13-12-14(3)7-2/h8,11-13,17H,4,6-7,9-10H2,1-3,5H3. The second-order valence-corrected chi connectivity index (χ2v) is 4.76. The fourth-order valence-electron chi connectivity index (χ4n) is 1.39. The molecule has 0 fully saturated rings. The summed E-state index contributed by atoms with van der Waals surface area (Å²) in [5.74, 6) is 0. The summed E-state index contributed by atoms with van der Waals surface area (Å²) in [7, 11) is 0. The van der Waals surface area contributed by atoms with E-state index in [9.17, 15) is 4.39 Å². The zero-order valence-electron chi connectivity index (χ0n) is 12.3. The zero-order chi connectivity index (χ0) is 14.0. The Morgan fingerprint density at radius 2 is 1.89 bits per heavy atom. The summed E-state index contributed by atoms with van der Waals surface area (Å²) in [5, 5.41) is 0. The van der Waals surface area contributed by atoms with Crippen molar-refractivity contribution in [3.63, 3.8) is 0 Å². The molecule has 0 N–H and O–H groups in total.